The molecule has 3 rings (SSSR count). The number of aryl methyl sites for hydroxylation is 1. The molecule has 24 heavy (non-hydrogen) atoms. The lowest BCUT2D eigenvalue weighted by molar-refractivity contribution is 0.578. The summed E-state index contributed by atoms with van der Waals surface area (Å²) in [6, 6.07) is 18.3. The summed E-state index contributed by atoms with van der Waals surface area (Å²) < 4.78 is 0. The van der Waals surface area contributed by atoms with Gasteiger partial charge in [-0.1, -0.05) is 62.6 Å². The summed E-state index contributed by atoms with van der Waals surface area (Å²) in [6.07, 6.45) is 10.6. The van der Waals surface area contributed by atoms with Gasteiger partial charge in [-0.25, -0.2) is 0 Å². The second kappa shape index (κ2) is 8.92. The molecule has 1 aliphatic rings. The fourth-order valence-electron chi connectivity index (χ4n) is 3.64. The molecule has 1 heteroatoms. The van der Waals surface area contributed by atoms with Crippen molar-refractivity contribution in [1.29, 1.82) is 0 Å². The van der Waals surface area contributed by atoms with E-state index in [2.05, 4.69) is 60.4 Å². The van der Waals surface area contributed by atoms with E-state index >= 15 is 0 Å². The van der Waals surface area contributed by atoms with Crippen LogP contribution >= 0.6 is 0 Å². The molecule has 0 saturated carbocycles. The molecule has 0 amide bonds. The van der Waals surface area contributed by atoms with Gasteiger partial charge in [0.15, 0.2) is 0 Å². The smallest absolute Gasteiger partial charge is 0.0366 e. The Labute approximate surface area is 147 Å². The maximum atomic E-state index is 2.52. The SMILES string of the molecule is CCCCCCc1ccc(-c2ccc(N3CCCCC3)cc2)cc1. The van der Waals surface area contributed by atoms with Gasteiger partial charge >= 0.3 is 0 Å². The van der Waals surface area contributed by atoms with Crippen LogP contribution in [0.25, 0.3) is 11.1 Å². The normalized spacial score (nSPS) is 14.8. The predicted octanol–water partition coefficient (Wildman–Crippen LogP) is 6.47. The molecule has 0 radical (unpaired) electrons. The van der Waals surface area contributed by atoms with Gasteiger partial charge in [-0.3, -0.25) is 0 Å². The Morgan fingerprint density at radius 1 is 0.708 bits per heavy atom. The molecule has 0 N–H and O–H groups in total. The first-order valence-electron chi connectivity index (χ1n) is 9.81. The molecule has 2 aromatic rings. The highest BCUT2D eigenvalue weighted by atomic mass is 15.1. The quantitative estimate of drug-likeness (QED) is 0.528. The number of hydrogen-bond donors (Lipinski definition) is 0. The summed E-state index contributed by atoms with van der Waals surface area (Å²) in [7, 11) is 0. The van der Waals surface area contributed by atoms with E-state index in [1.807, 2.05) is 0 Å². The van der Waals surface area contributed by atoms with Crippen LogP contribution in [0, 0.1) is 0 Å². The minimum atomic E-state index is 1.21. The lowest BCUT2D eigenvalue weighted by Crippen LogP contribution is -2.29. The van der Waals surface area contributed by atoms with Gasteiger partial charge in [0.1, 0.15) is 0 Å². The summed E-state index contributed by atoms with van der Waals surface area (Å²) in [6.45, 7) is 4.70. The molecule has 1 fully saturated rings. The van der Waals surface area contributed by atoms with Crippen LogP contribution in [-0.4, -0.2) is 13.1 Å². The van der Waals surface area contributed by atoms with Crippen molar-refractivity contribution >= 4 is 5.69 Å². The Hall–Kier alpha value is -1.76. The molecule has 1 nitrogen and oxygen atoms in total. The van der Waals surface area contributed by atoms with Crippen molar-refractivity contribution in [3.05, 3.63) is 54.1 Å². The minimum absolute atomic E-state index is 1.21. The van der Waals surface area contributed by atoms with Crippen LogP contribution < -0.4 is 4.90 Å². The lowest BCUT2D eigenvalue weighted by Gasteiger charge is -2.28. The molecule has 128 valence electrons. The van der Waals surface area contributed by atoms with Crippen molar-refractivity contribution in [1.82, 2.24) is 0 Å². The number of nitrogens with zero attached hydrogens (tertiary/aromatic N) is 1. The molecule has 0 aliphatic carbocycles. The topological polar surface area (TPSA) is 3.24 Å². The van der Waals surface area contributed by atoms with E-state index in [4.69, 9.17) is 0 Å². The van der Waals surface area contributed by atoms with Gasteiger partial charge in [0.25, 0.3) is 0 Å². The average Bonchev–Trinajstić information content (AvgIpc) is 2.67. The van der Waals surface area contributed by atoms with Gasteiger partial charge in [-0.2, -0.15) is 0 Å². The predicted molar refractivity (Wildman–Crippen MR) is 106 cm³/mol. The van der Waals surface area contributed by atoms with Crippen LogP contribution in [0.2, 0.25) is 0 Å². The third-order valence-electron chi connectivity index (χ3n) is 5.19. The molecular weight excluding hydrogens is 290 g/mol. The van der Waals surface area contributed by atoms with Crippen LogP contribution in [0.5, 0.6) is 0 Å². The number of hydrogen-bond acceptors (Lipinski definition) is 1. The fourth-order valence-corrected chi connectivity index (χ4v) is 3.64. The second-order valence-corrected chi connectivity index (χ2v) is 7.10. The molecule has 0 spiro atoms. The summed E-state index contributed by atoms with van der Waals surface area (Å²) in [5, 5.41) is 0. The van der Waals surface area contributed by atoms with E-state index in [0.29, 0.717) is 0 Å². The summed E-state index contributed by atoms with van der Waals surface area (Å²) in [5.74, 6) is 0. The van der Waals surface area contributed by atoms with E-state index in [0.717, 1.165) is 0 Å². The monoisotopic (exact) mass is 321 g/mol. The molecule has 0 bridgehead atoms. The third kappa shape index (κ3) is 4.63. The van der Waals surface area contributed by atoms with Crippen LogP contribution in [0.15, 0.2) is 48.5 Å². The van der Waals surface area contributed by atoms with Crippen LogP contribution in [0.4, 0.5) is 5.69 Å². The highest BCUT2D eigenvalue weighted by Gasteiger charge is 2.10. The van der Waals surface area contributed by atoms with Crippen molar-refractivity contribution in [3.8, 4) is 11.1 Å². The summed E-state index contributed by atoms with van der Waals surface area (Å²) in [5.41, 5.74) is 5.51. The van der Waals surface area contributed by atoms with Gasteiger partial charge in [0, 0.05) is 18.8 Å². The molecule has 1 saturated heterocycles. The first kappa shape index (κ1) is 17.1. The molecule has 0 aromatic heterocycles. The van der Waals surface area contributed by atoms with E-state index in [1.54, 1.807) is 0 Å². The molecule has 0 unspecified atom stereocenters. The average molecular weight is 322 g/mol. The molecule has 1 heterocycles. The maximum Gasteiger partial charge on any atom is 0.0366 e. The van der Waals surface area contributed by atoms with Gasteiger partial charge in [0.2, 0.25) is 0 Å². The first-order valence-corrected chi connectivity index (χ1v) is 9.81. The summed E-state index contributed by atoms with van der Waals surface area (Å²) in [4.78, 5) is 2.52. The molecule has 1 aliphatic heterocycles. The Morgan fingerprint density at radius 2 is 1.33 bits per heavy atom. The largest absolute Gasteiger partial charge is 0.372 e. The Bertz CT molecular complexity index is 591. The Kier molecular flexibility index (Phi) is 6.34. The number of piperidine rings is 1. The number of anilines is 1. The second-order valence-electron chi connectivity index (χ2n) is 7.10. The van der Waals surface area contributed by atoms with E-state index in [9.17, 15) is 0 Å². The van der Waals surface area contributed by atoms with E-state index in [1.165, 1.54) is 86.8 Å². The van der Waals surface area contributed by atoms with Crippen molar-refractivity contribution in [2.24, 2.45) is 0 Å². The fraction of sp³-hybridized carbons (Fsp3) is 0.478. The maximum absolute atomic E-state index is 2.52. The Balaban J connectivity index is 1.59. The molecular formula is C23H31N. The summed E-state index contributed by atoms with van der Waals surface area (Å²) >= 11 is 0. The lowest BCUT2D eigenvalue weighted by atomic mass is 10.0. The number of benzene rings is 2. The van der Waals surface area contributed by atoms with Gasteiger partial charge in [0.05, 0.1) is 0 Å². The van der Waals surface area contributed by atoms with E-state index < -0.39 is 0 Å². The van der Waals surface area contributed by atoms with Crippen LogP contribution in [0.1, 0.15) is 57.4 Å². The minimum Gasteiger partial charge on any atom is -0.372 e. The third-order valence-corrected chi connectivity index (χ3v) is 5.19. The zero-order chi connectivity index (χ0) is 16.6. The van der Waals surface area contributed by atoms with Crippen LogP contribution in [-0.2, 0) is 6.42 Å². The van der Waals surface area contributed by atoms with Crippen molar-refractivity contribution in [2.45, 2.75) is 58.3 Å². The van der Waals surface area contributed by atoms with Gasteiger partial charge < -0.3 is 4.90 Å². The van der Waals surface area contributed by atoms with Crippen LogP contribution in [0.3, 0.4) is 0 Å². The van der Waals surface area contributed by atoms with Gasteiger partial charge in [-0.05, 0) is 60.9 Å². The number of rotatable bonds is 7. The van der Waals surface area contributed by atoms with E-state index in [-0.39, 0.29) is 0 Å². The van der Waals surface area contributed by atoms with Gasteiger partial charge in [-0.15, -0.1) is 0 Å². The van der Waals surface area contributed by atoms with Crippen molar-refractivity contribution < 1.29 is 0 Å². The molecule has 0 atom stereocenters. The van der Waals surface area contributed by atoms with Crippen molar-refractivity contribution in [3.63, 3.8) is 0 Å². The Morgan fingerprint density at radius 3 is 1.96 bits per heavy atom. The highest BCUT2D eigenvalue weighted by Crippen LogP contribution is 2.25. The standard InChI is InChI=1S/C23H31N/c1-2-3-4-6-9-20-10-12-21(13-11-20)22-14-16-23(17-15-22)24-18-7-5-8-19-24/h10-17H,2-9,18-19H2,1H3. The van der Waals surface area contributed by atoms with Crippen molar-refractivity contribution in [2.75, 3.05) is 18.0 Å². The number of unbranched alkanes of at least 4 members (excludes halogenated alkanes) is 3. The molecule has 2 aromatic carbocycles. The zero-order valence-electron chi connectivity index (χ0n) is 15.1. The highest BCUT2D eigenvalue weighted by molar-refractivity contribution is 5.66. The zero-order valence-corrected chi connectivity index (χ0v) is 15.1. The first-order chi connectivity index (χ1) is 11.9.